The molecule has 0 radical (unpaired) electrons. The molecule has 0 unspecified atom stereocenters. The Kier molecular flexibility index (Phi) is 5.93. The summed E-state index contributed by atoms with van der Waals surface area (Å²) in [6.07, 6.45) is 0. The van der Waals surface area contributed by atoms with E-state index < -0.39 is 0 Å². The third kappa shape index (κ3) is 4.01. The third-order valence-corrected chi connectivity index (χ3v) is 6.31. The predicted octanol–water partition coefficient (Wildman–Crippen LogP) is 7.73. The summed E-state index contributed by atoms with van der Waals surface area (Å²) in [5, 5.41) is 4.67. The maximum Gasteiger partial charge on any atom is 0.0409 e. The van der Waals surface area contributed by atoms with E-state index >= 15 is 0 Å². The zero-order valence-electron chi connectivity index (χ0n) is 17.4. The van der Waals surface area contributed by atoms with Gasteiger partial charge in [0.15, 0.2) is 0 Å². The molecular formula is C31H19I. The first-order valence-electron chi connectivity index (χ1n) is 10.5. The minimum Gasteiger partial charge on any atom is -0.0812 e. The van der Waals surface area contributed by atoms with Crippen molar-refractivity contribution in [3.05, 3.63) is 131 Å². The third-order valence-electron chi connectivity index (χ3n) is 5.49. The van der Waals surface area contributed by atoms with Gasteiger partial charge >= 0.3 is 0 Å². The SMILES string of the molecule is ICc1cccc2c(C#Cc3ccccc3)c3ccccc3c(C#Cc3ccccc3)c12. The summed E-state index contributed by atoms with van der Waals surface area (Å²) in [4.78, 5) is 0. The van der Waals surface area contributed by atoms with Gasteiger partial charge in [0, 0.05) is 32.1 Å². The molecule has 0 bridgehead atoms. The number of hydrogen-bond donors (Lipinski definition) is 0. The maximum atomic E-state index is 3.52. The second kappa shape index (κ2) is 9.31. The molecular weight excluding hydrogens is 499 g/mol. The van der Waals surface area contributed by atoms with Crippen molar-refractivity contribution in [2.45, 2.75) is 4.43 Å². The van der Waals surface area contributed by atoms with Gasteiger partial charge in [0.2, 0.25) is 0 Å². The van der Waals surface area contributed by atoms with Gasteiger partial charge in [0.05, 0.1) is 0 Å². The normalized spacial score (nSPS) is 10.3. The molecule has 0 fully saturated rings. The molecule has 0 N–H and O–H groups in total. The zero-order valence-corrected chi connectivity index (χ0v) is 19.6. The lowest BCUT2D eigenvalue weighted by Gasteiger charge is -2.13. The zero-order chi connectivity index (χ0) is 21.8. The number of halogens is 1. The molecule has 0 nitrogen and oxygen atoms in total. The monoisotopic (exact) mass is 518 g/mol. The Morgan fingerprint density at radius 2 is 0.969 bits per heavy atom. The molecule has 0 amide bonds. The minimum absolute atomic E-state index is 0.916. The standard InChI is InChI=1S/C31H19I/c32-22-25-14-9-17-29-28(20-18-23-10-3-1-4-11-23)26-15-7-8-16-27(26)30(31(25)29)21-19-24-12-5-2-6-13-24/h1-17H,22H2. The van der Waals surface area contributed by atoms with Crippen LogP contribution in [0.15, 0.2) is 103 Å². The smallest absolute Gasteiger partial charge is 0.0409 e. The van der Waals surface area contributed by atoms with E-state index in [1.165, 1.54) is 16.3 Å². The number of rotatable bonds is 1. The van der Waals surface area contributed by atoms with Crippen molar-refractivity contribution in [3.8, 4) is 23.7 Å². The molecule has 5 aromatic rings. The average Bonchev–Trinajstić information content (AvgIpc) is 2.87. The van der Waals surface area contributed by atoms with Crippen LogP contribution in [0.3, 0.4) is 0 Å². The first-order chi connectivity index (χ1) is 15.8. The molecule has 150 valence electrons. The molecule has 1 heteroatoms. The number of hydrogen-bond acceptors (Lipinski definition) is 0. The number of alkyl halides is 1. The van der Waals surface area contributed by atoms with Crippen molar-refractivity contribution in [1.29, 1.82) is 0 Å². The Bertz CT molecular complexity index is 1540. The highest BCUT2D eigenvalue weighted by Crippen LogP contribution is 2.35. The molecule has 0 spiro atoms. The summed E-state index contributed by atoms with van der Waals surface area (Å²) in [6.45, 7) is 0. The molecule has 0 aliphatic rings. The van der Waals surface area contributed by atoms with Crippen LogP contribution >= 0.6 is 22.6 Å². The van der Waals surface area contributed by atoms with Gasteiger partial charge in [-0.25, -0.2) is 0 Å². The average molecular weight is 518 g/mol. The molecule has 0 saturated heterocycles. The molecule has 0 aromatic heterocycles. The molecule has 0 aliphatic carbocycles. The van der Waals surface area contributed by atoms with E-state index in [0.717, 1.165) is 37.5 Å². The van der Waals surface area contributed by atoms with Crippen LogP contribution in [-0.2, 0) is 4.43 Å². The van der Waals surface area contributed by atoms with Crippen molar-refractivity contribution in [1.82, 2.24) is 0 Å². The van der Waals surface area contributed by atoms with Crippen LogP contribution in [0.2, 0.25) is 0 Å². The van der Waals surface area contributed by atoms with Gasteiger partial charge in [-0.2, -0.15) is 0 Å². The highest BCUT2D eigenvalue weighted by molar-refractivity contribution is 14.1. The van der Waals surface area contributed by atoms with E-state index in [9.17, 15) is 0 Å². The topological polar surface area (TPSA) is 0 Å². The first-order valence-corrected chi connectivity index (χ1v) is 12.0. The van der Waals surface area contributed by atoms with Gasteiger partial charge in [-0.1, -0.05) is 125 Å². The Morgan fingerprint density at radius 3 is 1.56 bits per heavy atom. The van der Waals surface area contributed by atoms with Crippen molar-refractivity contribution in [3.63, 3.8) is 0 Å². The molecule has 5 aromatic carbocycles. The quantitative estimate of drug-likeness (QED) is 0.0923. The fourth-order valence-electron chi connectivity index (χ4n) is 3.99. The van der Waals surface area contributed by atoms with Crippen molar-refractivity contribution >= 4 is 44.1 Å². The second-order valence-corrected chi connectivity index (χ2v) is 8.26. The summed E-state index contributed by atoms with van der Waals surface area (Å²) >= 11 is 2.44. The van der Waals surface area contributed by atoms with Gasteiger partial charge in [-0.15, -0.1) is 0 Å². The molecule has 0 atom stereocenters. The lowest BCUT2D eigenvalue weighted by atomic mass is 9.89. The molecule has 32 heavy (non-hydrogen) atoms. The van der Waals surface area contributed by atoms with E-state index in [-0.39, 0.29) is 0 Å². The predicted molar refractivity (Wildman–Crippen MR) is 144 cm³/mol. The molecule has 0 aliphatic heterocycles. The Morgan fingerprint density at radius 1 is 0.469 bits per heavy atom. The summed E-state index contributed by atoms with van der Waals surface area (Å²) in [7, 11) is 0. The summed E-state index contributed by atoms with van der Waals surface area (Å²) in [6, 6.07) is 35.3. The Hall–Kier alpha value is -3.53. The van der Waals surface area contributed by atoms with Crippen LogP contribution in [0.1, 0.15) is 27.8 Å². The van der Waals surface area contributed by atoms with E-state index in [4.69, 9.17) is 0 Å². The van der Waals surface area contributed by atoms with Crippen molar-refractivity contribution in [2.75, 3.05) is 0 Å². The van der Waals surface area contributed by atoms with Gasteiger partial charge < -0.3 is 0 Å². The minimum atomic E-state index is 0.916. The summed E-state index contributed by atoms with van der Waals surface area (Å²) < 4.78 is 0.916. The Labute approximate surface area is 202 Å². The lowest BCUT2D eigenvalue weighted by molar-refractivity contribution is 1.51. The summed E-state index contributed by atoms with van der Waals surface area (Å²) in [5.74, 6) is 13.8. The van der Waals surface area contributed by atoms with Gasteiger partial charge in [0.25, 0.3) is 0 Å². The van der Waals surface area contributed by atoms with Crippen molar-refractivity contribution < 1.29 is 0 Å². The second-order valence-electron chi connectivity index (χ2n) is 7.50. The van der Waals surface area contributed by atoms with Crippen LogP contribution in [-0.4, -0.2) is 0 Å². The van der Waals surface area contributed by atoms with E-state index in [0.29, 0.717) is 0 Å². The van der Waals surface area contributed by atoms with Crippen LogP contribution < -0.4 is 0 Å². The van der Waals surface area contributed by atoms with Gasteiger partial charge in [-0.05, 0) is 46.0 Å². The highest BCUT2D eigenvalue weighted by Gasteiger charge is 2.14. The number of fused-ring (bicyclic) bond motifs is 2. The molecule has 5 rings (SSSR count). The molecule has 0 saturated carbocycles. The van der Waals surface area contributed by atoms with Crippen LogP contribution in [0, 0.1) is 23.7 Å². The van der Waals surface area contributed by atoms with E-state index in [1.54, 1.807) is 0 Å². The Balaban J connectivity index is 1.85. The van der Waals surface area contributed by atoms with Gasteiger partial charge in [-0.3, -0.25) is 0 Å². The highest BCUT2D eigenvalue weighted by atomic mass is 127. The first kappa shape index (κ1) is 20.4. The lowest BCUT2D eigenvalue weighted by Crippen LogP contribution is -1.94. The molecule has 0 heterocycles. The number of benzene rings is 5. The van der Waals surface area contributed by atoms with Crippen LogP contribution in [0.5, 0.6) is 0 Å². The largest absolute Gasteiger partial charge is 0.0812 e. The fraction of sp³-hybridized carbons (Fsp3) is 0.0323. The maximum absolute atomic E-state index is 3.52. The van der Waals surface area contributed by atoms with E-state index in [2.05, 4.69) is 101 Å². The van der Waals surface area contributed by atoms with Gasteiger partial charge in [0.1, 0.15) is 0 Å². The van der Waals surface area contributed by atoms with Crippen LogP contribution in [0.4, 0.5) is 0 Å². The summed E-state index contributed by atoms with van der Waals surface area (Å²) in [5.41, 5.74) is 5.47. The van der Waals surface area contributed by atoms with Crippen LogP contribution in [0.25, 0.3) is 21.5 Å². The van der Waals surface area contributed by atoms with Crippen molar-refractivity contribution in [2.24, 2.45) is 0 Å². The fourth-order valence-corrected chi connectivity index (χ4v) is 4.63. The van der Waals surface area contributed by atoms with E-state index in [1.807, 2.05) is 48.5 Å².